The van der Waals surface area contributed by atoms with Crippen molar-refractivity contribution >= 4 is 5.84 Å². The minimum Gasteiger partial charge on any atom is -0.383 e. The van der Waals surface area contributed by atoms with E-state index in [-0.39, 0.29) is 23.4 Å². The van der Waals surface area contributed by atoms with Crippen LogP contribution in [-0.4, -0.2) is 17.0 Å². The summed E-state index contributed by atoms with van der Waals surface area (Å²) in [6.45, 7) is 0. The molecular weight excluding hydrogens is 180 g/mol. The molecule has 1 heterocycles. The van der Waals surface area contributed by atoms with Gasteiger partial charge >= 0.3 is 0 Å². The number of hydrazine groups is 1. The molecule has 1 unspecified atom stereocenters. The van der Waals surface area contributed by atoms with Gasteiger partial charge in [0.05, 0.1) is 0 Å². The Bertz CT molecular complexity index is 359. The Labute approximate surface area is 81.6 Å². The van der Waals surface area contributed by atoms with Gasteiger partial charge in [-0.05, 0) is 12.8 Å². The van der Waals surface area contributed by atoms with Crippen molar-refractivity contribution in [3.05, 3.63) is 11.4 Å². The quantitative estimate of drug-likeness (QED) is 0.459. The monoisotopic (exact) mass is 192 g/mol. The molecule has 14 heavy (non-hydrogen) atoms. The summed E-state index contributed by atoms with van der Waals surface area (Å²) in [5.74, 6) is 6.57. The molecule has 1 aliphatic carbocycles. The van der Waals surface area contributed by atoms with E-state index in [1.165, 1.54) is 5.01 Å². The first-order valence-electron chi connectivity index (χ1n) is 4.42. The molecule has 1 atom stereocenters. The molecule has 0 aromatic rings. The van der Waals surface area contributed by atoms with Gasteiger partial charge in [0.2, 0.25) is 0 Å². The van der Waals surface area contributed by atoms with Crippen LogP contribution in [0.15, 0.2) is 16.4 Å². The van der Waals surface area contributed by atoms with Crippen LogP contribution in [0.4, 0.5) is 0 Å². The molecule has 1 saturated carbocycles. The van der Waals surface area contributed by atoms with Crippen LogP contribution in [0.1, 0.15) is 12.8 Å². The number of rotatable bonds is 1. The third kappa shape index (κ3) is 1.18. The van der Waals surface area contributed by atoms with Crippen molar-refractivity contribution in [2.45, 2.75) is 19.0 Å². The van der Waals surface area contributed by atoms with Crippen LogP contribution in [-0.2, 0) is 0 Å². The molecule has 0 aromatic heterocycles. The third-order valence-corrected chi connectivity index (χ3v) is 2.50. The molecular formula is C8H12N6. The average Bonchev–Trinajstić information content (AvgIpc) is 2.95. The van der Waals surface area contributed by atoms with Crippen LogP contribution < -0.4 is 17.3 Å². The SMILES string of the molecule is N#CC1=C(N)N(N)C(C2CC2)N=C1N. The molecule has 1 aliphatic heterocycles. The second kappa shape index (κ2) is 2.89. The van der Waals surface area contributed by atoms with Crippen molar-refractivity contribution in [1.29, 1.82) is 5.26 Å². The lowest BCUT2D eigenvalue weighted by atomic mass is 10.2. The first-order valence-corrected chi connectivity index (χ1v) is 4.42. The van der Waals surface area contributed by atoms with Crippen LogP contribution in [0.5, 0.6) is 0 Å². The third-order valence-electron chi connectivity index (χ3n) is 2.50. The van der Waals surface area contributed by atoms with Gasteiger partial charge in [0.25, 0.3) is 0 Å². The zero-order valence-corrected chi connectivity index (χ0v) is 7.64. The van der Waals surface area contributed by atoms with E-state index in [9.17, 15) is 0 Å². The zero-order chi connectivity index (χ0) is 10.3. The Balaban J connectivity index is 2.33. The van der Waals surface area contributed by atoms with E-state index in [1.54, 1.807) is 0 Å². The lowest BCUT2D eigenvalue weighted by molar-refractivity contribution is 0.232. The standard InChI is InChI=1S/C8H12N6/c9-3-5-6(10)13-8(4-1-2-4)14(12)7(5)11/h4,8H,1-2,11-12H2,(H2,10,13). The second-order valence-electron chi connectivity index (χ2n) is 3.54. The summed E-state index contributed by atoms with van der Waals surface area (Å²) < 4.78 is 0. The smallest absolute Gasteiger partial charge is 0.142 e. The molecule has 0 spiro atoms. The number of hydrogen-bond donors (Lipinski definition) is 3. The van der Waals surface area contributed by atoms with Crippen LogP contribution in [0.3, 0.4) is 0 Å². The van der Waals surface area contributed by atoms with E-state index in [4.69, 9.17) is 22.6 Å². The number of hydrogen-bond acceptors (Lipinski definition) is 6. The van der Waals surface area contributed by atoms with Gasteiger partial charge in [-0.2, -0.15) is 5.26 Å². The highest BCUT2D eigenvalue weighted by atomic mass is 15.5. The Morgan fingerprint density at radius 3 is 2.57 bits per heavy atom. The van der Waals surface area contributed by atoms with E-state index >= 15 is 0 Å². The van der Waals surface area contributed by atoms with Crippen molar-refractivity contribution in [3.8, 4) is 6.07 Å². The summed E-state index contributed by atoms with van der Waals surface area (Å²) in [7, 11) is 0. The highest BCUT2D eigenvalue weighted by Gasteiger charge is 2.38. The van der Waals surface area contributed by atoms with Crippen molar-refractivity contribution in [3.63, 3.8) is 0 Å². The lowest BCUT2D eigenvalue weighted by Crippen LogP contribution is -2.48. The Kier molecular flexibility index (Phi) is 1.82. The number of nitriles is 1. The topological polar surface area (TPSA) is 117 Å². The summed E-state index contributed by atoms with van der Waals surface area (Å²) in [4.78, 5) is 4.16. The second-order valence-corrected chi connectivity index (χ2v) is 3.54. The van der Waals surface area contributed by atoms with Gasteiger partial charge in [-0.1, -0.05) is 0 Å². The predicted molar refractivity (Wildman–Crippen MR) is 51.0 cm³/mol. The minimum atomic E-state index is -0.188. The Morgan fingerprint density at radius 2 is 2.07 bits per heavy atom. The predicted octanol–water partition coefficient (Wildman–Crippen LogP) is -1.04. The minimum absolute atomic E-state index is 0.171. The van der Waals surface area contributed by atoms with Crippen molar-refractivity contribution in [2.24, 2.45) is 28.2 Å². The normalized spacial score (nSPS) is 27.3. The van der Waals surface area contributed by atoms with Crippen molar-refractivity contribution < 1.29 is 0 Å². The fraction of sp³-hybridized carbons (Fsp3) is 0.500. The number of amidine groups is 1. The molecule has 6 heteroatoms. The fourth-order valence-electron chi connectivity index (χ4n) is 1.51. The molecule has 6 N–H and O–H groups in total. The van der Waals surface area contributed by atoms with Crippen LogP contribution in [0, 0.1) is 17.2 Å². The molecule has 0 bridgehead atoms. The average molecular weight is 192 g/mol. The summed E-state index contributed by atoms with van der Waals surface area (Å²) in [5.41, 5.74) is 11.5. The highest BCUT2D eigenvalue weighted by Crippen LogP contribution is 2.37. The number of nitrogens with two attached hydrogens (primary N) is 3. The largest absolute Gasteiger partial charge is 0.383 e. The van der Waals surface area contributed by atoms with Crippen molar-refractivity contribution in [2.75, 3.05) is 0 Å². The molecule has 2 rings (SSSR count). The van der Waals surface area contributed by atoms with Gasteiger partial charge in [0.1, 0.15) is 29.5 Å². The lowest BCUT2D eigenvalue weighted by Gasteiger charge is -2.30. The molecule has 0 aromatic carbocycles. The molecule has 0 radical (unpaired) electrons. The Hall–Kier alpha value is -1.74. The van der Waals surface area contributed by atoms with Gasteiger partial charge in [-0.15, -0.1) is 0 Å². The van der Waals surface area contributed by atoms with Gasteiger partial charge in [-0.3, -0.25) is 5.01 Å². The van der Waals surface area contributed by atoms with E-state index in [0.29, 0.717) is 5.92 Å². The van der Waals surface area contributed by atoms with E-state index < -0.39 is 0 Å². The first kappa shape index (κ1) is 8.84. The summed E-state index contributed by atoms with van der Waals surface area (Å²) in [6, 6.07) is 1.89. The first-order chi connectivity index (χ1) is 6.65. The van der Waals surface area contributed by atoms with E-state index in [2.05, 4.69) is 4.99 Å². The van der Waals surface area contributed by atoms with Crippen LogP contribution in [0.2, 0.25) is 0 Å². The summed E-state index contributed by atoms with van der Waals surface area (Å²) in [6.07, 6.45) is 1.99. The highest BCUT2D eigenvalue weighted by molar-refractivity contribution is 6.01. The van der Waals surface area contributed by atoms with Gasteiger partial charge < -0.3 is 11.5 Å². The van der Waals surface area contributed by atoms with Gasteiger partial charge in [-0.25, -0.2) is 10.8 Å². The molecule has 74 valence electrons. The maximum absolute atomic E-state index is 8.76. The van der Waals surface area contributed by atoms with Crippen molar-refractivity contribution in [1.82, 2.24) is 5.01 Å². The van der Waals surface area contributed by atoms with Crippen LogP contribution >= 0.6 is 0 Å². The molecule has 0 saturated heterocycles. The summed E-state index contributed by atoms with van der Waals surface area (Å²) >= 11 is 0. The van der Waals surface area contributed by atoms with E-state index in [0.717, 1.165) is 12.8 Å². The molecule has 1 fully saturated rings. The summed E-state index contributed by atoms with van der Waals surface area (Å²) in [5, 5.41) is 10.1. The van der Waals surface area contributed by atoms with E-state index in [1.807, 2.05) is 6.07 Å². The number of nitrogens with zero attached hydrogens (tertiary/aromatic N) is 3. The fourth-order valence-corrected chi connectivity index (χ4v) is 1.51. The molecule has 6 nitrogen and oxygen atoms in total. The van der Waals surface area contributed by atoms with Gasteiger partial charge in [0.15, 0.2) is 0 Å². The van der Waals surface area contributed by atoms with Gasteiger partial charge in [0, 0.05) is 5.92 Å². The maximum atomic E-state index is 8.76. The molecule has 0 amide bonds. The Morgan fingerprint density at radius 1 is 1.43 bits per heavy atom. The maximum Gasteiger partial charge on any atom is 0.142 e. The zero-order valence-electron chi connectivity index (χ0n) is 7.64. The number of aliphatic imine (C=N–C) groups is 1. The van der Waals surface area contributed by atoms with Crippen LogP contribution in [0.25, 0.3) is 0 Å². The molecule has 2 aliphatic rings.